The van der Waals surface area contributed by atoms with Crippen LogP contribution in [0, 0.1) is 5.82 Å². The molecule has 7 nitrogen and oxygen atoms in total. The molecule has 1 aliphatic heterocycles. The van der Waals surface area contributed by atoms with Crippen molar-refractivity contribution in [2.24, 2.45) is 0 Å². The molecule has 3 rings (SSSR count). The normalized spacial score (nSPS) is 14.3. The maximum Gasteiger partial charge on any atom is 0.356 e. The molecular weight excluding hydrogens is 355 g/mol. The Bertz CT molecular complexity index is 955. The van der Waals surface area contributed by atoms with Crippen LogP contribution in [0.4, 0.5) is 10.1 Å². The minimum absolute atomic E-state index is 0.0353. The van der Waals surface area contributed by atoms with Crippen LogP contribution in [0.2, 0.25) is 0 Å². The molecule has 0 unspecified atom stereocenters. The second-order valence-corrected chi connectivity index (χ2v) is 6.60. The number of hydrogen-bond donors (Lipinski definition) is 1. The van der Waals surface area contributed by atoms with Gasteiger partial charge in [0.1, 0.15) is 17.3 Å². The number of hydrogen-bond acceptors (Lipinski definition) is 6. The maximum atomic E-state index is 14.4. The van der Waals surface area contributed by atoms with Crippen molar-refractivity contribution in [2.75, 3.05) is 12.4 Å². The number of esters is 2. The summed E-state index contributed by atoms with van der Waals surface area (Å²) in [5, 5.41) is 2.57. The van der Waals surface area contributed by atoms with Gasteiger partial charge in [-0.3, -0.25) is 9.59 Å². The van der Waals surface area contributed by atoms with Gasteiger partial charge in [0, 0.05) is 23.0 Å². The van der Waals surface area contributed by atoms with Crippen LogP contribution >= 0.6 is 0 Å². The number of pyridine rings is 1. The molecule has 1 N–H and O–H groups in total. The summed E-state index contributed by atoms with van der Waals surface area (Å²) in [6.07, 6.45) is 1.08. The lowest BCUT2D eigenvalue weighted by atomic mass is 9.85. The maximum absolute atomic E-state index is 14.4. The Kier molecular flexibility index (Phi) is 4.65. The van der Waals surface area contributed by atoms with Crippen molar-refractivity contribution in [2.45, 2.75) is 25.7 Å². The molecule has 8 heteroatoms. The molecule has 2 heterocycles. The Morgan fingerprint density at radius 1 is 1.30 bits per heavy atom. The molecule has 0 bridgehead atoms. The Hall–Kier alpha value is -3.29. The highest BCUT2D eigenvalue weighted by atomic mass is 19.1. The Balaban J connectivity index is 1.77. The van der Waals surface area contributed by atoms with Gasteiger partial charge in [0.15, 0.2) is 0 Å². The molecule has 0 aliphatic carbocycles. The Labute approximate surface area is 154 Å². The first-order valence-electron chi connectivity index (χ1n) is 8.11. The highest BCUT2D eigenvalue weighted by Gasteiger charge is 2.41. The van der Waals surface area contributed by atoms with Gasteiger partial charge in [-0.2, -0.15) is 0 Å². The van der Waals surface area contributed by atoms with Gasteiger partial charge in [-0.1, -0.05) is 0 Å². The molecule has 1 aromatic carbocycles. The molecule has 140 valence electrons. The molecule has 1 amide bonds. The predicted octanol–water partition coefficient (Wildman–Crippen LogP) is 2.39. The zero-order chi connectivity index (χ0) is 19.8. The number of nitrogens with one attached hydrogen (secondary N) is 1. The number of ether oxygens (including phenoxy) is 2. The summed E-state index contributed by atoms with van der Waals surface area (Å²) in [7, 11) is 1.22. The average Bonchev–Trinajstić information content (AvgIpc) is 2.84. The van der Waals surface area contributed by atoms with E-state index in [4.69, 9.17) is 4.74 Å². The lowest BCUT2D eigenvalue weighted by molar-refractivity contribution is -0.137. The third kappa shape index (κ3) is 3.51. The minimum Gasteiger partial charge on any atom is -0.464 e. The van der Waals surface area contributed by atoms with Crippen molar-refractivity contribution < 1.29 is 28.2 Å². The summed E-state index contributed by atoms with van der Waals surface area (Å²) in [6.45, 7) is 3.30. The largest absolute Gasteiger partial charge is 0.464 e. The molecule has 0 fully saturated rings. The summed E-state index contributed by atoms with van der Waals surface area (Å²) < 4.78 is 24.2. The molecule has 1 aromatic heterocycles. The smallest absolute Gasteiger partial charge is 0.356 e. The molecule has 27 heavy (non-hydrogen) atoms. The molecule has 0 radical (unpaired) electrons. The van der Waals surface area contributed by atoms with Crippen LogP contribution in [0.5, 0.6) is 5.75 Å². The van der Waals surface area contributed by atoms with Gasteiger partial charge < -0.3 is 14.8 Å². The van der Waals surface area contributed by atoms with Gasteiger partial charge in [-0.05, 0) is 38.1 Å². The number of aromatic nitrogens is 1. The van der Waals surface area contributed by atoms with Gasteiger partial charge in [0.2, 0.25) is 5.91 Å². The van der Waals surface area contributed by atoms with Crippen molar-refractivity contribution in [3.8, 4) is 5.75 Å². The zero-order valence-corrected chi connectivity index (χ0v) is 15.0. The van der Waals surface area contributed by atoms with Gasteiger partial charge in [-0.15, -0.1) is 0 Å². The number of fused-ring (bicyclic) bond motifs is 1. The van der Waals surface area contributed by atoms with E-state index in [0.717, 1.165) is 0 Å². The third-order valence-corrected chi connectivity index (χ3v) is 4.32. The van der Waals surface area contributed by atoms with Crippen molar-refractivity contribution >= 4 is 23.5 Å². The molecular formula is C19H17FN2O5. The topological polar surface area (TPSA) is 94.6 Å². The first-order valence-corrected chi connectivity index (χ1v) is 8.11. The van der Waals surface area contributed by atoms with E-state index in [1.807, 2.05) is 0 Å². The van der Waals surface area contributed by atoms with E-state index in [2.05, 4.69) is 15.0 Å². The summed E-state index contributed by atoms with van der Waals surface area (Å²) in [5.41, 5.74) is -0.0270. The number of amides is 1. The van der Waals surface area contributed by atoms with Crippen molar-refractivity contribution in [1.82, 2.24) is 4.98 Å². The van der Waals surface area contributed by atoms with E-state index in [0.29, 0.717) is 11.3 Å². The van der Waals surface area contributed by atoms with E-state index in [9.17, 15) is 18.8 Å². The number of carbonyl (C=O) groups excluding carboxylic acids is 3. The van der Waals surface area contributed by atoms with Crippen LogP contribution in [-0.2, 0) is 26.2 Å². The first-order chi connectivity index (χ1) is 12.7. The summed E-state index contributed by atoms with van der Waals surface area (Å²) in [4.78, 5) is 39.5. The fourth-order valence-electron chi connectivity index (χ4n) is 2.74. The highest BCUT2D eigenvalue weighted by Crippen LogP contribution is 2.40. The van der Waals surface area contributed by atoms with E-state index >= 15 is 0 Å². The SMILES string of the molecule is COC(=O)c1cc(NC(=O)Cc2cc3c(cc2F)C(C)(C)C(=O)O3)ccn1. The molecule has 1 aliphatic rings. The van der Waals surface area contributed by atoms with E-state index in [1.54, 1.807) is 13.8 Å². The molecule has 0 atom stereocenters. The fraction of sp³-hybridized carbons (Fsp3) is 0.263. The van der Waals surface area contributed by atoms with Crippen LogP contribution in [0.3, 0.4) is 0 Å². The second-order valence-electron chi connectivity index (χ2n) is 6.60. The van der Waals surface area contributed by atoms with Gasteiger partial charge in [-0.25, -0.2) is 14.2 Å². The third-order valence-electron chi connectivity index (χ3n) is 4.32. The second kappa shape index (κ2) is 6.79. The van der Waals surface area contributed by atoms with Crippen LogP contribution in [0.1, 0.15) is 35.5 Å². The van der Waals surface area contributed by atoms with Crippen LogP contribution < -0.4 is 10.1 Å². The number of anilines is 1. The summed E-state index contributed by atoms with van der Waals surface area (Å²) >= 11 is 0. The Morgan fingerprint density at radius 2 is 2.04 bits per heavy atom. The van der Waals surface area contributed by atoms with Crippen LogP contribution in [-0.4, -0.2) is 29.9 Å². The minimum atomic E-state index is -0.932. The first kappa shape index (κ1) is 18.5. The molecule has 0 saturated carbocycles. The number of nitrogens with zero attached hydrogens (tertiary/aromatic N) is 1. The fourth-order valence-corrected chi connectivity index (χ4v) is 2.74. The number of rotatable bonds is 4. The summed E-state index contributed by atoms with van der Waals surface area (Å²) in [5.74, 6) is -1.95. The monoisotopic (exact) mass is 372 g/mol. The van der Waals surface area contributed by atoms with Gasteiger partial charge in [0.05, 0.1) is 18.9 Å². The number of carbonyl (C=O) groups is 3. The van der Waals surface area contributed by atoms with Crippen LogP contribution in [0.25, 0.3) is 0 Å². The number of benzene rings is 1. The van der Waals surface area contributed by atoms with Crippen molar-refractivity contribution in [3.05, 3.63) is 53.1 Å². The van der Waals surface area contributed by atoms with E-state index in [1.165, 1.54) is 37.6 Å². The lowest BCUT2D eigenvalue weighted by Crippen LogP contribution is -2.25. The van der Waals surface area contributed by atoms with E-state index < -0.39 is 29.1 Å². The lowest BCUT2D eigenvalue weighted by Gasteiger charge is -2.13. The molecule has 0 saturated heterocycles. The Morgan fingerprint density at radius 3 is 2.74 bits per heavy atom. The average molecular weight is 372 g/mol. The van der Waals surface area contributed by atoms with E-state index in [-0.39, 0.29) is 23.4 Å². The standard InChI is InChI=1S/C19H17FN2O5/c1-19(2)12-9-13(20)10(6-15(12)27-18(19)25)7-16(23)22-11-4-5-21-14(8-11)17(24)26-3/h4-6,8-9H,7H2,1-3H3,(H,21,22,23). The zero-order valence-electron chi connectivity index (χ0n) is 15.0. The molecule has 0 spiro atoms. The quantitative estimate of drug-likeness (QED) is 0.654. The van der Waals surface area contributed by atoms with Crippen molar-refractivity contribution in [3.63, 3.8) is 0 Å². The molecule has 2 aromatic rings. The number of methoxy groups -OCH3 is 1. The van der Waals surface area contributed by atoms with Gasteiger partial charge in [0.25, 0.3) is 0 Å². The van der Waals surface area contributed by atoms with Crippen molar-refractivity contribution in [1.29, 1.82) is 0 Å². The van der Waals surface area contributed by atoms with Crippen LogP contribution in [0.15, 0.2) is 30.5 Å². The predicted molar refractivity (Wildman–Crippen MR) is 93.0 cm³/mol. The highest BCUT2D eigenvalue weighted by molar-refractivity contribution is 5.95. The number of halogens is 1. The van der Waals surface area contributed by atoms with Gasteiger partial charge >= 0.3 is 11.9 Å². The summed E-state index contributed by atoms with van der Waals surface area (Å²) in [6, 6.07) is 5.44.